The summed E-state index contributed by atoms with van der Waals surface area (Å²) in [5.74, 6) is -0.760. The Morgan fingerprint density at radius 2 is 1.83 bits per heavy atom. The third kappa shape index (κ3) is 2.19. The Kier molecular flexibility index (Phi) is 3.37. The summed E-state index contributed by atoms with van der Waals surface area (Å²) in [7, 11) is 0. The first-order valence-corrected chi connectivity index (χ1v) is 7.84. The second kappa shape index (κ2) is 5.56. The van der Waals surface area contributed by atoms with Crippen LogP contribution in [0.1, 0.15) is 37.6 Å². The summed E-state index contributed by atoms with van der Waals surface area (Å²) in [4.78, 5) is 44.5. The predicted octanol–water partition coefficient (Wildman–Crippen LogP) is 1.59. The van der Waals surface area contributed by atoms with Gasteiger partial charge in [-0.25, -0.2) is 0 Å². The van der Waals surface area contributed by atoms with Crippen molar-refractivity contribution in [2.45, 2.75) is 12.5 Å². The molecule has 3 heterocycles. The number of hydrogen-bond acceptors (Lipinski definition) is 4. The van der Waals surface area contributed by atoms with Gasteiger partial charge in [-0.3, -0.25) is 24.3 Å². The fraction of sp³-hybridized carbons (Fsp3) is 0.222. The highest BCUT2D eigenvalue weighted by molar-refractivity contribution is 6.20. The Balaban J connectivity index is 1.53. The average Bonchev–Trinajstić information content (AvgIpc) is 3.19. The molecule has 2 aliphatic rings. The van der Waals surface area contributed by atoms with Gasteiger partial charge in [0.15, 0.2) is 0 Å². The van der Waals surface area contributed by atoms with E-state index in [9.17, 15) is 14.4 Å². The molecule has 0 N–H and O–H groups in total. The molecule has 0 saturated carbocycles. The van der Waals surface area contributed by atoms with Gasteiger partial charge in [0, 0.05) is 24.8 Å². The van der Waals surface area contributed by atoms with Crippen LogP contribution in [0.15, 0.2) is 48.7 Å². The number of pyridine rings is 1. The normalized spacial score (nSPS) is 19.8. The Bertz CT molecular complexity index is 799. The lowest BCUT2D eigenvalue weighted by atomic mass is 10.2. The summed E-state index contributed by atoms with van der Waals surface area (Å²) in [6, 6.07) is 12.0. The molecular formula is C18H15N3O3. The molecule has 2 aliphatic heterocycles. The van der Waals surface area contributed by atoms with Crippen molar-refractivity contribution in [3.63, 3.8) is 0 Å². The van der Waals surface area contributed by atoms with E-state index in [0.29, 0.717) is 30.6 Å². The van der Waals surface area contributed by atoms with Crippen LogP contribution in [0.5, 0.6) is 0 Å². The van der Waals surface area contributed by atoms with Crippen molar-refractivity contribution in [3.8, 4) is 0 Å². The van der Waals surface area contributed by atoms with Gasteiger partial charge in [0.1, 0.15) is 5.69 Å². The highest BCUT2D eigenvalue weighted by Crippen LogP contribution is 2.27. The fourth-order valence-electron chi connectivity index (χ4n) is 3.32. The van der Waals surface area contributed by atoms with E-state index >= 15 is 0 Å². The fourth-order valence-corrected chi connectivity index (χ4v) is 3.32. The second-order valence-electron chi connectivity index (χ2n) is 5.94. The number of fused-ring (bicyclic) bond motifs is 1. The smallest absolute Gasteiger partial charge is 0.280 e. The summed E-state index contributed by atoms with van der Waals surface area (Å²) in [5, 5.41) is 0. The number of nitrogens with zero attached hydrogens (tertiary/aromatic N) is 3. The maximum Gasteiger partial charge on any atom is 0.280 e. The summed E-state index contributed by atoms with van der Waals surface area (Å²) in [6.07, 6.45) is 2.09. The lowest BCUT2D eigenvalue weighted by Gasteiger charge is -2.22. The van der Waals surface area contributed by atoms with E-state index in [1.807, 2.05) is 18.2 Å². The maximum atomic E-state index is 12.5. The first kappa shape index (κ1) is 14.6. The van der Waals surface area contributed by atoms with E-state index in [0.717, 1.165) is 0 Å². The van der Waals surface area contributed by atoms with Crippen LogP contribution < -0.4 is 0 Å². The Hall–Kier alpha value is -3.02. The number of carbonyl (C=O) groups is 3. The van der Waals surface area contributed by atoms with Crippen molar-refractivity contribution in [1.29, 1.82) is 0 Å². The zero-order valence-corrected chi connectivity index (χ0v) is 12.9. The van der Waals surface area contributed by atoms with Gasteiger partial charge >= 0.3 is 0 Å². The highest BCUT2D eigenvalue weighted by Gasteiger charge is 2.43. The molecule has 1 unspecified atom stereocenters. The van der Waals surface area contributed by atoms with E-state index in [2.05, 4.69) is 4.98 Å². The predicted molar refractivity (Wildman–Crippen MR) is 85.5 cm³/mol. The number of imide groups is 1. The van der Waals surface area contributed by atoms with Crippen molar-refractivity contribution >= 4 is 17.7 Å². The minimum absolute atomic E-state index is 0.0761. The van der Waals surface area contributed by atoms with Gasteiger partial charge in [-0.2, -0.15) is 0 Å². The van der Waals surface area contributed by atoms with Crippen LogP contribution in [0.3, 0.4) is 0 Å². The van der Waals surface area contributed by atoms with Crippen LogP contribution in [-0.4, -0.2) is 51.6 Å². The van der Waals surface area contributed by atoms with Crippen LogP contribution in [0.4, 0.5) is 0 Å². The van der Waals surface area contributed by atoms with E-state index in [1.165, 1.54) is 11.1 Å². The van der Waals surface area contributed by atoms with Crippen molar-refractivity contribution in [2.24, 2.45) is 0 Å². The maximum absolute atomic E-state index is 12.5. The molecule has 0 radical (unpaired) electrons. The minimum Gasteiger partial charge on any atom is -0.336 e. The molecular weight excluding hydrogens is 306 g/mol. The number of aromatic nitrogens is 1. The molecule has 24 heavy (non-hydrogen) atoms. The van der Waals surface area contributed by atoms with E-state index in [-0.39, 0.29) is 29.5 Å². The summed E-state index contributed by atoms with van der Waals surface area (Å²) >= 11 is 0. The molecule has 0 bridgehead atoms. The first-order valence-electron chi connectivity index (χ1n) is 7.84. The van der Waals surface area contributed by atoms with Crippen molar-refractivity contribution in [1.82, 2.24) is 14.8 Å². The zero-order chi connectivity index (χ0) is 16.7. The number of benzene rings is 1. The van der Waals surface area contributed by atoms with Gasteiger partial charge in [0.05, 0.1) is 11.6 Å². The van der Waals surface area contributed by atoms with Crippen LogP contribution in [0, 0.1) is 0 Å². The number of likely N-dealkylation sites (tertiary alicyclic amines) is 1. The quantitative estimate of drug-likeness (QED) is 0.788. The van der Waals surface area contributed by atoms with Gasteiger partial charge in [-0.1, -0.05) is 18.2 Å². The molecule has 120 valence electrons. The monoisotopic (exact) mass is 321 g/mol. The van der Waals surface area contributed by atoms with Gasteiger partial charge in [0.2, 0.25) is 0 Å². The average molecular weight is 321 g/mol. The largest absolute Gasteiger partial charge is 0.336 e. The van der Waals surface area contributed by atoms with Crippen molar-refractivity contribution in [2.75, 3.05) is 13.1 Å². The SMILES string of the molecule is O=C(c1ccccc1)N1CCC(N2C(=O)c3cccnc3C2=O)C1. The summed E-state index contributed by atoms with van der Waals surface area (Å²) < 4.78 is 0. The van der Waals surface area contributed by atoms with E-state index in [4.69, 9.17) is 0 Å². The van der Waals surface area contributed by atoms with Gasteiger partial charge < -0.3 is 4.90 Å². The van der Waals surface area contributed by atoms with Crippen LogP contribution in [0.25, 0.3) is 0 Å². The molecule has 6 nitrogen and oxygen atoms in total. The first-order chi connectivity index (χ1) is 11.7. The summed E-state index contributed by atoms with van der Waals surface area (Å²) in [6.45, 7) is 0.887. The highest BCUT2D eigenvalue weighted by atomic mass is 16.2. The van der Waals surface area contributed by atoms with E-state index in [1.54, 1.807) is 29.2 Å². The number of amides is 3. The minimum atomic E-state index is -0.366. The molecule has 0 aliphatic carbocycles. The summed E-state index contributed by atoms with van der Waals surface area (Å²) in [5.41, 5.74) is 1.16. The molecule has 3 amide bonds. The molecule has 6 heteroatoms. The zero-order valence-electron chi connectivity index (χ0n) is 12.9. The van der Waals surface area contributed by atoms with Crippen LogP contribution in [0.2, 0.25) is 0 Å². The third-order valence-corrected chi connectivity index (χ3v) is 4.51. The number of hydrogen-bond donors (Lipinski definition) is 0. The number of rotatable bonds is 2. The molecule has 1 saturated heterocycles. The number of carbonyl (C=O) groups excluding carboxylic acids is 3. The van der Waals surface area contributed by atoms with Crippen molar-refractivity contribution in [3.05, 3.63) is 65.5 Å². The Labute approximate surface area is 138 Å². The van der Waals surface area contributed by atoms with Crippen LogP contribution >= 0.6 is 0 Å². The molecule has 1 fully saturated rings. The van der Waals surface area contributed by atoms with Crippen LogP contribution in [-0.2, 0) is 0 Å². The van der Waals surface area contributed by atoms with Gasteiger partial charge in [-0.05, 0) is 30.7 Å². The molecule has 1 aromatic carbocycles. The second-order valence-corrected chi connectivity index (χ2v) is 5.94. The van der Waals surface area contributed by atoms with Gasteiger partial charge in [-0.15, -0.1) is 0 Å². The molecule has 0 spiro atoms. The Morgan fingerprint density at radius 1 is 1.04 bits per heavy atom. The molecule has 4 rings (SSSR count). The molecule has 1 atom stereocenters. The standard InChI is InChI=1S/C18H15N3O3/c22-16(12-5-2-1-3-6-12)20-10-8-13(11-20)21-17(23)14-7-4-9-19-15(14)18(21)24/h1-7,9,13H,8,10-11H2. The topological polar surface area (TPSA) is 70.6 Å². The lowest BCUT2D eigenvalue weighted by molar-refractivity contribution is 0.0573. The Morgan fingerprint density at radius 3 is 2.58 bits per heavy atom. The lowest BCUT2D eigenvalue weighted by Crippen LogP contribution is -2.42. The van der Waals surface area contributed by atoms with Crippen molar-refractivity contribution < 1.29 is 14.4 Å². The third-order valence-electron chi connectivity index (χ3n) is 4.51. The van der Waals surface area contributed by atoms with Gasteiger partial charge in [0.25, 0.3) is 17.7 Å². The molecule has 2 aromatic rings. The van der Waals surface area contributed by atoms with E-state index < -0.39 is 0 Å². The molecule has 1 aromatic heterocycles.